The topological polar surface area (TPSA) is 32.7 Å². The van der Waals surface area contributed by atoms with Gasteiger partial charge in [0, 0.05) is 28.6 Å². The second kappa shape index (κ2) is 7.37. The van der Waals surface area contributed by atoms with Crippen LogP contribution in [0.4, 0.5) is 11.4 Å². The molecule has 0 saturated heterocycles. The molecule has 0 fully saturated rings. The zero-order chi connectivity index (χ0) is 18.8. The number of para-hydroxylation sites is 1. The molecule has 134 valence electrons. The first-order valence-electron chi connectivity index (χ1n) is 8.94. The second-order valence-electron chi connectivity index (χ2n) is 6.65. The van der Waals surface area contributed by atoms with Gasteiger partial charge in [0.25, 0.3) is 5.91 Å². The molecule has 0 radical (unpaired) electrons. The maximum atomic E-state index is 13.2. The Morgan fingerprint density at radius 1 is 1.00 bits per heavy atom. The number of hydrogen-bond donors (Lipinski definition) is 0. The zero-order valence-corrected chi connectivity index (χ0v) is 15.7. The van der Waals surface area contributed by atoms with E-state index in [1.54, 1.807) is 0 Å². The van der Waals surface area contributed by atoms with Gasteiger partial charge in [-0.15, -0.1) is 0 Å². The Hall–Kier alpha value is -2.91. The summed E-state index contributed by atoms with van der Waals surface area (Å²) in [5, 5.41) is 0.635. The average molecular weight is 375 g/mol. The smallest absolute Gasteiger partial charge is 0.258 e. The molecular weight excluding hydrogens is 356 g/mol. The number of hydrogen-bond acceptors (Lipinski definition) is 2. The normalized spacial score (nSPS) is 17.6. The van der Waals surface area contributed by atoms with Gasteiger partial charge in [-0.3, -0.25) is 9.79 Å². The van der Waals surface area contributed by atoms with Crippen LogP contribution in [0.3, 0.4) is 0 Å². The molecule has 0 N–H and O–H groups in total. The summed E-state index contributed by atoms with van der Waals surface area (Å²) in [6, 6.07) is 24.9. The molecule has 3 aromatic rings. The van der Waals surface area contributed by atoms with Gasteiger partial charge in [0.15, 0.2) is 0 Å². The fraction of sp³-hybridized carbons (Fsp3) is 0.130. The molecule has 3 nitrogen and oxygen atoms in total. The maximum Gasteiger partial charge on any atom is 0.258 e. The quantitative estimate of drug-likeness (QED) is 0.549. The number of aliphatic imine (C=N–C) groups is 1. The van der Waals surface area contributed by atoms with Gasteiger partial charge in [0.1, 0.15) is 0 Å². The van der Waals surface area contributed by atoms with E-state index in [-0.39, 0.29) is 11.9 Å². The van der Waals surface area contributed by atoms with Crippen molar-refractivity contribution in [1.29, 1.82) is 0 Å². The summed E-state index contributed by atoms with van der Waals surface area (Å²) < 4.78 is 0. The standard InChI is InChI=1S/C23H19ClN2O/c1-16-14-21(25-19-10-6-3-7-11-19)20-15-18(24)12-13-22(20)26(16)23(27)17-8-4-2-5-9-17/h2-13,15-16H,14H2,1H3/b25-21-. The van der Waals surface area contributed by atoms with E-state index in [0.717, 1.165) is 22.6 Å². The van der Waals surface area contributed by atoms with Crippen LogP contribution in [0.25, 0.3) is 0 Å². The molecule has 1 unspecified atom stereocenters. The number of rotatable bonds is 2. The molecule has 0 spiro atoms. The van der Waals surface area contributed by atoms with E-state index < -0.39 is 0 Å². The van der Waals surface area contributed by atoms with Crippen molar-refractivity contribution in [2.45, 2.75) is 19.4 Å². The van der Waals surface area contributed by atoms with E-state index in [0.29, 0.717) is 17.0 Å². The van der Waals surface area contributed by atoms with Crippen LogP contribution in [-0.4, -0.2) is 17.7 Å². The Morgan fingerprint density at radius 3 is 2.37 bits per heavy atom. The Bertz CT molecular complexity index is 999. The van der Waals surface area contributed by atoms with E-state index in [1.165, 1.54) is 0 Å². The molecule has 4 rings (SSSR count). The number of amides is 1. The van der Waals surface area contributed by atoms with E-state index in [2.05, 4.69) is 6.92 Å². The van der Waals surface area contributed by atoms with E-state index in [4.69, 9.17) is 16.6 Å². The van der Waals surface area contributed by atoms with Crippen molar-refractivity contribution in [3.8, 4) is 0 Å². The summed E-state index contributed by atoms with van der Waals surface area (Å²) in [6.07, 6.45) is 0.667. The Labute approximate surface area is 163 Å². The number of anilines is 1. The molecule has 1 heterocycles. The predicted octanol–water partition coefficient (Wildman–Crippen LogP) is 5.90. The molecule has 1 aliphatic heterocycles. The minimum absolute atomic E-state index is 0.00570. The summed E-state index contributed by atoms with van der Waals surface area (Å²) in [5.74, 6) is -0.00886. The molecule has 0 aliphatic carbocycles. The van der Waals surface area contributed by atoms with Crippen LogP contribution in [-0.2, 0) is 0 Å². The highest BCUT2D eigenvalue weighted by Crippen LogP contribution is 2.35. The van der Waals surface area contributed by atoms with Crippen LogP contribution < -0.4 is 4.90 Å². The van der Waals surface area contributed by atoms with E-state index in [9.17, 15) is 4.79 Å². The lowest BCUT2D eigenvalue weighted by Gasteiger charge is -2.36. The van der Waals surface area contributed by atoms with Crippen molar-refractivity contribution in [1.82, 2.24) is 0 Å². The molecule has 0 saturated carbocycles. The van der Waals surface area contributed by atoms with Gasteiger partial charge in [0.2, 0.25) is 0 Å². The highest BCUT2D eigenvalue weighted by molar-refractivity contribution is 6.31. The number of carbonyl (C=O) groups is 1. The SMILES string of the molecule is CC1C/C(=N/c2ccccc2)c2cc(Cl)ccc2N1C(=O)c1ccccc1. The Balaban J connectivity index is 1.81. The van der Waals surface area contributed by atoms with Crippen LogP contribution in [0.5, 0.6) is 0 Å². The summed E-state index contributed by atoms with van der Waals surface area (Å²) in [7, 11) is 0. The van der Waals surface area contributed by atoms with Gasteiger partial charge in [-0.2, -0.15) is 0 Å². The molecule has 1 aliphatic rings. The van der Waals surface area contributed by atoms with Gasteiger partial charge < -0.3 is 4.90 Å². The maximum absolute atomic E-state index is 13.2. The number of halogens is 1. The lowest BCUT2D eigenvalue weighted by molar-refractivity contribution is 0.0978. The molecule has 0 bridgehead atoms. The van der Waals surface area contributed by atoms with Gasteiger partial charge >= 0.3 is 0 Å². The molecular formula is C23H19ClN2O. The third-order valence-corrected chi connectivity index (χ3v) is 4.95. The lowest BCUT2D eigenvalue weighted by atomic mass is 9.93. The highest BCUT2D eigenvalue weighted by atomic mass is 35.5. The van der Waals surface area contributed by atoms with Crippen molar-refractivity contribution in [2.24, 2.45) is 4.99 Å². The van der Waals surface area contributed by atoms with Crippen LogP contribution in [0.15, 0.2) is 83.9 Å². The third-order valence-electron chi connectivity index (χ3n) is 4.72. The van der Waals surface area contributed by atoms with Crippen LogP contribution in [0.2, 0.25) is 5.02 Å². The molecule has 1 atom stereocenters. The third kappa shape index (κ3) is 3.51. The fourth-order valence-electron chi connectivity index (χ4n) is 3.46. The second-order valence-corrected chi connectivity index (χ2v) is 7.09. The summed E-state index contributed by atoms with van der Waals surface area (Å²) in [5.41, 5.74) is 4.28. The van der Waals surface area contributed by atoms with Crippen LogP contribution in [0, 0.1) is 0 Å². The van der Waals surface area contributed by atoms with Gasteiger partial charge in [-0.25, -0.2) is 0 Å². The number of benzene rings is 3. The van der Waals surface area contributed by atoms with Crippen LogP contribution in [0.1, 0.15) is 29.3 Å². The predicted molar refractivity (Wildman–Crippen MR) is 111 cm³/mol. The van der Waals surface area contributed by atoms with Gasteiger partial charge in [-0.1, -0.05) is 48.0 Å². The summed E-state index contributed by atoms with van der Waals surface area (Å²) in [4.78, 5) is 19.9. The molecule has 3 aromatic carbocycles. The average Bonchev–Trinajstić information content (AvgIpc) is 2.69. The first-order chi connectivity index (χ1) is 13.1. The van der Waals surface area contributed by atoms with Crippen molar-refractivity contribution in [3.63, 3.8) is 0 Å². The minimum Gasteiger partial charge on any atom is -0.305 e. The molecule has 4 heteroatoms. The number of nitrogens with zero attached hydrogens (tertiary/aromatic N) is 2. The minimum atomic E-state index is -0.00886. The monoisotopic (exact) mass is 374 g/mol. The number of carbonyl (C=O) groups excluding carboxylic acids is 1. The van der Waals surface area contributed by atoms with Crippen molar-refractivity contribution in [3.05, 3.63) is 95.0 Å². The Morgan fingerprint density at radius 2 is 1.67 bits per heavy atom. The van der Waals surface area contributed by atoms with E-state index >= 15 is 0 Å². The zero-order valence-electron chi connectivity index (χ0n) is 15.0. The van der Waals surface area contributed by atoms with E-state index in [1.807, 2.05) is 83.8 Å². The molecule has 0 aromatic heterocycles. The number of fused-ring (bicyclic) bond motifs is 1. The first-order valence-corrected chi connectivity index (χ1v) is 9.32. The van der Waals surface area contributed by atoms with Gasteiger partial charge in [0.05, 0.1) is 17.1 Å². The molecule has 27 heavy (non-hydrogen) atoms. The van der Waals surface area contributed by atoms with Crippen molar-refractivity contribution < 1.29 is 4.79 Å². The summed E-state index contributed by atoms with van der Waals surface area (Å²) in [6.45, 7) is 2.05. The Kier molecular flexibility index (Phi) is 4.78. The van der Waals surface area contributed by atoms with Crippen molar-refractivity contribution >= 4 is 34.6 Å². The van der Waals surface area contributed by atoms with Crippen LogP contribution >= 0.6 is 11.6 Å². The largest absolute Gasteiger partial charge is 0.305 e. The molecule has 1 amide bonds. The first kappa shape index (κ1) is 17.5. The summed E-state index contributed by atoms with van der Waals surface area (Å²) >= 11 is 6.27. The lowest BCUT2D eigenvalue weighted by Crippen LogP contribution is -2.44. The fourth-order valence-corrected chi connectivity index (χ4v) is 3.63. The highest BCUT2D eigenvalue weighted by Gasteiger charge is 2.32. The van der Waals surface area contributed by atoms with Crippen molar-refractivity contribution in [2.75, 3.05) is 4.90 Å². The van der Waals surface area contributed by atoms with Gasteiger partial charge in [-0.05, 0) is 49.4 Å².